The maximum Gasteiger partial charge on any atom is 0.157 e. The van der Waals surface area contributed by atoms with Crippen LogP contribution in [0.2, 0.25) is 0 Å². The molecule has 3 unspecified atom stereocenters. The van der Waals surface area contributed by atoms with Crippen LogP contribution in [-0.4, -0.2) is 30.2 Å². The van der Waals surface area contributed by atoms with Gasteiger partial charge in [-0.15, -0.1) is 0 Å². The first-order chi connectivity index (χ1) is 9.01. The van der Waals surface area contributed by atoms with Gasteiger partial charge in [0.05, 0.1) is 18.8 Å². The minimum Gasteiger partial charge on any atom is -0.390 e. The van der Waals surface area contributed by atoms with E-state index < -0.39 is 5.60 Å². The smallest absolute Gasteiger partial charge is 0.157 e. The average Bonchev–Trinajstić information content (AvgIpc) is 2.41. The quantitative estimate of drug-likeness (QED) is 0.851. The zero-order valence-electron chi connectivity index (χ0n) is 12.7. The van der Waals surface area contributed by atoms with Gasteiger partial charge in [0.2, 0.25) is 0 Å². The molecule has 1 aliphatic heterocycles. The van der Waals surface area contributed by atoms with Gasteiger partial charge in [0.25, 0.3) is 0 Å². The molecule has 1 saturated carbocycles. The summed E-state index contributed by atoms with van der Waals surface area (Å²) in [7, 11) is 0. The molecule has 0 aromatic rings. The van der Waals surface area contributed by atoms with Gasteiger partial charge in [-0.05, 0) is 49.9 Å². The highest BCUT2D eigenvalue weighted by Gasteiger charge is 2.40. The second-order valence-corrected chi connectivity index (χ2v) is 6.85. The van der Waals surface area contributed by atoms with E-state index in [0.29, 0.717) is 5.92 Å². The molecule has 0 aromatic heterocycles. The van der Waals surface area contributed by atoms with Crippen LogP contribution in [0.15, 0.2) is 0 Å². The lowest BCUT2D eigenvalue weighted by molar-refractivity contribution is -0.190. The van der Waals surface area contributed by atoms with Crippen molar-refractivity contribution in [2.45, 2.75) is 71.2 Å². The first-order valence-electron chi connectivity index (χ1n) is 7.97. The van der Waals surface area contributed by atoms with E-state index in [0.717, 1.165) is 63.6 Å². The summed E-state index contributed by atoms with van der Waals surface area (Å²) in [6.07, 6.45) is 5.78. The van der Waals surface area contributed by atoms with Crippen molar-refractivity contribution in [3.63, 3.8) is 0 Å². The predicted molar refractivity (Wildman–Crippen MR) is 75.8 cm³/mol. The Balaban J connectivity index is 1.81. The fourth-order valence-electron chi connectivity index (χ4n) is 3.52. The first kappa shape index (κ1) is 15.3. The predicted octanol–water partition coefficient (Wildman–Crippen LogP) is 3.35. The monoisotopic (exact) mass is 270 g/mol. The molecule has 0 aromatic carbocycles. The molecule has 3 atom stereocenters. The molecular formula is C16H30O3. The van der Waals surface area contributed by atoms with Gasteiger partial charge in [0, 0.05) is 6.42 Å². The summed E-state index contributed by atoms with van der Waals surface area (Å²) in [5.41, 5.74) is -0.504. The molecule has 1 saturated heterocycles. The van der Waals surface area contributed by atoms with Gasteiger partial charge in [-0.2, -0.15) is 0 Å². The van der Waals surface area contributed by atoms with Gasteiger partial charge in [0.15, 0.2) is 6.29 Å². The number of aliphatic hydroxyl groups is 1. The van der Waals surface area contributed by atoms with E-state index in [1.54, 1.807) is 0 Å². The van der Waals surface area contributed by atoms with Crippen LogP contribution < -0.4 is 0 Å². The Morgan fingerprint density at radius 2 is 1.95 bits per heavy atom. The van der Waals surface area contributed by atoms with Crippen molar-refractivity contribution in [2.75, 3.05) is 13.2 Å². The van der Waals surface area contributed by atoms with Crippen LogP contribution in [0.1, 0.15) is 59.3 Å². The summed E-state index contributed by atoms with van der Waals surface area (Å²) >= 11 is 0. The SMILES string of the molecule is CC(C)C1CCC(O)(CCC2OCCCO2)C(C)C1. The molecule has 1 heterocycles. The lowest BCUT2D eigenvalue weighted by Gasteiger charge is -2.43. The van der Waals surface area contributed by atoms with Gasteiger partial charge in [-0.3, -0.25) is 0 Å². The van der Waals surface area contributed by atoms with E-state index in [1.807, 2.05) is 0 Å². The van der Waals surface area contributed by atoms with Gasteiger partial charge >= 0.3 is 0 Å². The molecule has 2 aliphatic rings. The number of hydrogen-bond donors (Lipinski definition) is 1. The molecule has 2 fully saturated rings. The van der Waals surface area contributed by atoms with Crippen LogP contribution in [0, 0.1) is 17.8 Å². The lowest BCUT2D eigenvalue weighted by atomic mass is 9.67. The van der Waals surface area contributed by atoms with Crippen LogP contribution in [0.5, 0.6) is 0 Å². The van der Waals surface area contributed by atoms with Crippen molar-refractivity contribution >= 4 is 0 Å². The van der Waals surface area contributed by atoms with Crippen molar-refractivity contribution in [1.29, 1.82) is 0 Å². The molecule has 0 amide bonds. The van der Waals surface area contributed by atoms with Crippen molar-refractivity contribution < 1.29 is 14.6 Å². The lowest BCUT2D eigenvalue weighted by Crippen LogP contribution is -2.43. The maximum atomic E-state index is 10.9. The van der Waals surface area contributed by atoms with Gasteiger partial charge in [0.1, 0.15) is 0 Å². The van der Waals surface area contributed by atoms with E-state index in [4.69, 9.17) is 9.47 Å². The molecule has 3 heteroatoms. The van der Waals surface area contributed by atoms with Crippen molar-refractivity contribution in [3.8, 4) is 0 Å². The topological polar surface area (TPSA) is 38.7 Å². The van der Waals surface area contributed by atoms with Crippen molar-refractivity contribution in [1.82, 2.24) is 0 Å². The molecule has 112 valence electrons. The van der Waals surface area contributed by atoms with Crippen LogP contribution in [-0.2, 0) is 9.47 Å². The Labute approximate surface area is 117 Å². The second-order valence-electron chi connectivity index (χ2n) is 6.85. The molecule has 0 radical (unpaired) electrons. The standard InChI is InChI=1S/C16H30O3/c1-12(2)14-5-7-16(17,13(3)11-14)8-6-15-18-9-4-10-19-15/h12-15,17H,4-11H2,1-3H3. The molecule has 1 aliphatic carbocycles. The number of ether oxygens (including phenoxy) is 2. The molecule has 0 spiro atoms. The summed E-state index contributed by atoms with van der Waals surface area (Å²) < 4.78 is 11.2. The fourth-order valence-corrected chi connectivity index (χ4v) is 3.52. The zero-order chi connectivity index (χ0) is 13.9. The second kappa shape index (κ2) is 6.55. The highest BCUT2D eigenvalue weighted by Crippen LogP contribution is 2.42. The third-order valence-corrected chi connectivity index (χ3v) is 5.17. The zero-order valence-corrected chi connectivity index (χ0v) is 12.7. The number of hydrogen-bond acceptors (Lipinski definition) is 3. The van der Waals surface area contributed by atoms with Crippen LogP contribution >= 0.6 is 0 Å². The first-order valence-corrected chi connectivity index (χ1v) is 7.97. The summed E-state index contributed by atoms with van der Waals surface area (Å²) in [6, 6.07) is 0. The van der Waals surface area contributed by atoms with Crippen LogP contribution in [0.4, 0.5) is 0 Å². The molecule has 0 bridgehead atoms. The highest BCUT2D eigenvalue weighted by molar-refractivity contribution is 4.91. The van der Waals surface area contributed by atoms with Crippen molar-refractivity contribution in [2.24, 2.45) is 17.8 Å². The van der Waals surface area contributed by atoms with Crippen molar-refractivity contribution in [3.05, 3.63) is 0 Å². The summed E-state index contributed by atoms with van der Waals surface area (Å²) in [4.78, 5) is 0. The normalized spacial score (nSPS) is 37.7. The van der Waals surface area contributed by atoms with Gasteiger partial charge in [-0.25, -0.2) is 0 Å². The molecule has 3 nitrogen and oxygen atoms in total. The highest BCUT2D eigenvalue weighted by atomic mass is 16.7. The van der Waals surface area contributed by atoms with E-state index in [-0.39, 0.29) is 6.29 Å². The summed E-state index contributed by atoms with van der Waals surface area (Å²) in [5, 5.41) is 10.9. The van der Waals surface area contributed by atoms with E-state index in [2.05, 4.69) is 20.8 Å². The Kier molecular flexibility index (Phi) is 5.27. The third kappa shape index (κ3) is 3.93. The minimum absolute atomic E-state index is 0.0900. The fraction of sp³-hybridized carbons (Fsp3) is 1.00. The average molecular weight is 270 g/mol. The molecule has 2 rings (SSSR count). The van der Waals surface area contributed by atoms with E-state index >= 15 is 0 Å². The Morgan fingerprint density at radius 3 is 2.53 bits per heavy atom. The minimum atomic E-state index is -0.504. The van der Waals surface area contributed by atoms with E-state index in [1.165, 1.54) is 0 Å². The third-order valence-electron chi connectivity index (χ3n) is 5.17. The van der Waals surface area contributed by atoms with Gasteiger partial charge < -0.3 is 14.6 Å². The largest absolute Gasteiger partial charge is 0.390 e. The maximum absolute atomic E-state index is 10.9. The Morgan fingerprint density at radius 1 is 1.26 bits per heavy atom. The van der Waals surface area contributed by atoms with Gasteiger partial charge in [-0.1, -0.05) is 20.8 Å². The molecule has 1 N–H and O–H groups in total. The summed E-state index contributed by atoms with van der Waals surface area (Å²) in [5.74, 6) is 1.90. The van der Waals surface area contributed by atoms with E-state index in [9.17, 15) is 5.11 Å². The molecule has 19 heavy (non-hydrogen) atoms. The Bertz CT molecular complexity index is 273. The molecular weight excluding hydrogens is 240 g/mol. The summed E-state index contributed by atoms with van der Waals surface area (Å²) in [6.45, 7) is 8.40. The van der Waals surface area contributed by atoms with Crippen LogP contribution in [0.25, 0.3) is 0 Å². The van der Waals surface area contributed by atoms with Crippen LogP contribution in [0.3, 0.4) is 0 Å². The Hall–Kier alpha value is -0.120. The number of rotatable bonds is 4.